The van der Waals surface area contributed by atoms with Gasteiger partial charge in [0.1, 0.15) is 6.54 Å². The van der Waals surface area contributed by atoms with Crippen molar-refractivity contribution in [2.24, 2.45) is 5.92 Å². The molecule has 0 heterocycles. The highest BCUT2D eigenvalue weighted by molar-refractivity contribution is 7.99. The van der Waals surface area contributed by atoms with Crippen LogP contribution >= 0.6 is 11.8 Å². The molecular formula is C9H17NO3S. The molecule has 0 aromatic rings. The third kappa shape index (κ3) is 9.38. The number of carbonyl (C=O) groups is 2. The molecule has 4 nitrogen and oxygen atoms in total. The number of hydrogen-bond acceptors (Lipinski definition) is 3. The van der Waals surface area contributed by atoms with E-state index in [2.05, 4.69) is 19.2 Å². The number of nitrogens with one attached hydrogen (secondary N) is 1. The van der Waals surface area contributed by atoms with Gasteiger partial charge in [0.05, 0.1) is 5.75 Å². The van der Waals surface area contributed by atoms with Crippen LogP contribution in [0, 0.1) is 5.92 Å². The van der Waals surface area contributed by atoms with Gasteiger partial charge < -0.3 is 10.4 Å². The first-order valence-electron chi connectivity index (χ1n) is 4.58. The minimum absolute atomic E-state index is 0.207. The highest BCUT2D eigenvalue weighted by atomic mass is 32.2. The molecule has 0 saturated heterocycles. The maximum atomic E-state index is 11.0. The molecule has 82 valence electrons. The van der Waals surface area contributed by atoms with E-state index in [-0.39, 0.29) is 12.5 Å². The molecule has 0 aliphatic carbocycles. The molecule has 0 aliphatic heterocycles. The summed E-state index contributed by atoms with van der Waals surface area (Å²) < 4.78 is 0. The topological polar surface area (TPSA) is 66.4 Å². The second kappa shape index (κ2) is 7.67. The van der Waals surface area contributed by atoms with Crippen LogP contribution in [0.3, 0.4) is 0 Å². The zero-order valence-corrected chi connectivity index (χ0v) is 9.39. The van der Waals surface area contributed by atoms with Gasteiger partial charge in [0.2, 0.25) is 5.91 Å². The monoisotopic (exact) mass is 219 g/mol. The lowest BCUT2D eigenvalue weighted by atomic mass is 10.2. The van der Waals surface area contributed by atoms with Crippen LogP contribution < -0.4 is 5.32 Å². The first kappa shape index (κ1) is 13.3. The molecule has 0 unspecified atom stereocenters. The van der Waals surface area contributed by atoms with Gasteiger partial charge in [-0.05, 0) is 18.1 Å². The van der Waals surface area contributed by atoms with Crippen molar-refractivity contribution in [2.75, 3.05) is 18.1 Å². The van der Waals surface area contributed by atoms with Crippen molar-refractivity contribution in [1.29, 1.82) is 0 Å². The molecule has 14 heavy (non-hydrogen) atoms. The van der Waals surface area contributed by atoms with Crippen LogP contribution in [0.4, 0.5) is 0 Å². The first-order chi connectivity index (χ1) is 6.52. The Kier molecular flexibility index (Phi) is 7.28. The Bertz CT molecular complexity index is 194. The molecule has 5 heteroatoms. The number of amides is 1. The molecule has 0 spiro atoms. The van der Waals surface area contributed by atoms with E-state index in [1.165, 1.54) is 11.8 Å². The molecule has 1 amide bonds. The summed E-state index contributed by atoms with van der Waals surface area (Å²) in [7, 11) is 0. The van der Waals surface area contributed by atoms with Crippen LogP contribution in [0.1, 0.15) is 20.3 Å². The fourth-order valence-electron chi connectivity index (χ4n) is 0.709. The van der Waals surface area contributed by atoms with E-state index in [4.69, 9.17) is 5.11 Å². The highest BCUT2D eigenvalue weighted by Gasteiger charge is 2.03. The Morgan fingerprint density at radius 3 is 2.57 bits per heavy atom. The van der Waals surface area contributed by atoms with Crippen molar-refractivity contribution in [3.8, 4) is 0 Å². The van der Waals surface area contributed by atoms with E-state index >= 15 is 0 Å². The first-order valence-corrected chi connectivity index (χ1v) is 5.74. The molecular weight excluding hydrogens is 202 g/mol. The molecule has 0 aromatic heterocycles. The second-order valence-electron chi connectivity index (χ2n) is 3.41. The molecule has 0 aliphatic rings. The van der Waals surface area contributed by atoms with E-state index < -0.39 is 5.97 Å². The lowest BCUT2D eigenvalue weighted by Crippen LogP contribution is -2.30. The van der Waals surface area contributed by atoms with Crippen LogP contribution in [-0.2, 0) is 9.59 Å². The quantitative estimate of drug-likeness (QED) is 0.626. The van der Waals surface area contributed by atoms with Crippen molar-refractivity contribution >= 4 is 23.6 Å². The Morgan fingerprint density at radius 1 is 1.43 bits per heavy atom. The van der Waals surface area contributed by atoms with Crippen molar-refractivity contribution < 1.29 is 14.7 Å². The molecule has 0 aromatic carbocycles. The van der Waals surface area contributed by atoms with Crippen molar-refractivity contribution in [3.63, 3.8) is 0 Å². The van der Waals surface area contributed by atoms with E-state index in [0.29, 0.717) is 11.7 Å². The number of rotatable bonds is 7. The normalized spacial score (nSPS) is 10.2. The Balaban J connectivity index is 3.31. The fourth-order valence-corrected chi connectivity index (χ4v) is 1.78. The predicted octanol–water partition coefficient (Wildman–Crippen LogP) is 0.967. The zero-order valence-electron chi connectivity index (χ0n) is 8.58. The summed E-state index contributed by atoms with van der Waals surface area (Å²) in [5.41, 5.74) is 0. The van der Waals surface area contributed by atoms with Crippen LogP contribution in [-0.4, -0.2) is 35.0 Å². The molecule has 0 rings (SSSR count). The van der Waals surface area contributed by atoms with Gasteiger partial charge in [-0.1, -0.05) is 13.8 Å². The summed E-state index contributed by atoms with van der Waals surface area (Å²) in [6.07, 6.45) is 1.08. The molecule has 0 saturated carbocycles. The maximum Gasteiger partial charge on any atom is 0.322 e. The van der Waals surface area contributed by atoms with E-state index in [1.807, 2.05) is 0 Å². The van der Waals surface area contributed by atoms with Gasteiger partial charge in [0.25, 0.3) is 0 Å². The average Bonchev–Trinajstić information content (AvgIpc) is 2.08. The number of thioether (sulfide) groups is 1. The maximum absolute atomic E-state index is 11.0. The summed E-state index contributed by atoms with van der Waals surface area (Å²) >= 11 is 1.54. The predicted molar refractivity (Wildman–Crippen MR) is 57.4 cm³/mol. The van der Waals surface area contributed by atoms with Crippen LogP contribution in [0.2, 0.25) is 0 Å². The van der Waals surface area contributed by atoms with Crippen LogP contribution in [0.15, 0.2) is 0 Å². The van der Waals surface area contributed by atoms with Gasteiger partial charge in [-0.15, -0.1) is 0 Å². The molecule has 0 atom stereocenters. The van der Waals surface area contributed by atoms with E-state index in [9.17, 15) is 9.59 Å². The minimum atomic E-state index is -1.01. The number of hydrogen-bond donors (Lipinski definition) is 2. The fraction of sp³-hybridized carbons (Fsp3) is 0.778. The summed E-state index contributed by atoms with van der Waals surface area (Å²) in [5, 5.41) is 10.6. The van der Waals surface area contributed by atoms with Crippen molar-refractivity contribution in [3.05, 3.63) is 0 Å². The van der Waals surface area contributed by atoms with Gasteiger partial charge >= 0.3 is 5.97 Å². The Morgan fingerprint density at radius 2 is 2.07 bits per heavy atom. The van der Waals surface area contributed by atoms with Gasteiger partial charge in [0.15, 0.2) is 0 Å². The van der Waals surface area contributed by atoms with Gasteiger partial charge in [-0.3, -0.25) is 9.59 Å². The van der Waals surface area contributed by atoms with Crippen LogP contribution in [0.25, 0.3) is 0 Å². The molecule has 0 radical (unpaired) electrons. The highest BCUT2D eigenvalue weighted by Crippen LogP contribution is 2.07. The third-order valence-electron chi connectivity index (χ3n) is 1.51. The van der Waals surface area contributed by atoms with Crippen molar-refractivity contribution in [1.82, 2.24) is 5.32 Å². The number of carboxylic acid groups (broad SMARTS) is 1. The van der Waals surface area contributed by atoms with Crippen molar-refractivity contribution in [2.45, 2.75) is 20.3 Å². The van der Waals surface area contributed by atoms with Gasteiger partial charge in [0, 0.05) is 0 Å². The standard InChI is InChI=1S/C9H17NO3S/c1-7(2)3-4-14-6-8(11)10-5-9(12)13/h7H,3-6H2,1-2H3,(H,10,11)(H,12,13). The van der Waals surface area contributed by atoms with E-state index in [0.717, 1.165) is 12.2 Å². The van der Waals surface area contributed by atoms with Crippen LogP contribution in [0.5, 0.6) is 0 Å². The summed E-state index contributed by atoms with van der Waals surface area (Å²) in [5.74, 6) is 0.717. The summed E-state index contributed by atoms with van der Waals surface area (Å²) in [6, 6.07) is 0. The average molecular weight is 219 g/mol. The number of aliphatic carboxylic acids is 1. The van der Waals surface area contributed by atoms with E-state index in [1.54, 1.807) is 0 Å². The summed E-state index contributed by atoms with van der Waals surface area (Å²) in [4.78, 5) is 21.1. The van der Waals surface area contributed by atoms with Gasteiger partial charge in [-0.25, -0.2) is 0 Å². The lowest BCUT2D eigenvalue weighted by Gasteiger charge is -2.04. The largest absolute Gasteiger partial charge is 0.480 e. The van der Waals surface area contributed by atoms with Gasteiger partial charge in [-0.2, -0.15) is 11.8 Å². The lowest BCUT2D eigenvalue weighted by molar-refractivity contribution is -0.137. The zero-order chi connectivity index (χ0) is 11.0. The number of carboxylic acids is 1. The summed E-state index contributed by atoms with van der Waals surface area (Å²) in [6.45, 7) is 3.97. The number of carbonyl (C=O) groups excluding carboxylic acids is 1. The third-order valence-corrected chi connectivity index (χ3v) is 2.50. The molecule has 2 N–H and O–H groups in total. The Hall–Kier alpha value is -0.710. The smallest absolute Gasteiger partial charge is 0.322 e. The second-order valence-corrected chi connectivity index (χ2v) is 4.51. The SMILES string of the molecule is CC(C)CCSCC(=O)NCC(=O)O. The molecule has 0 bridgehead atoms. The molecule has 0 fully saturated rings. The minimum Gasteiger partial charge on any atom is -0.480 e. The Labute approximate surface area is 88.4 Å².